The molecule has 0 spiro atoms. The van der Waals surface area contributed by atoms with Crippen molar-refractivity contribution in [1.82, 2.24) is 15.5 Å². The van der Waals surface area contributed by atoms with Crippen molar-refractivity contribution < 1.29 is 4.79 Å². The van der Waals surface area contributed by atoms with E-state index >= 15 is 0 Å². The third-order valence-corrected chi connectivity index (χ3v) is 4.59. The van der Waals surface area contributed by atoms with Gasteiger partial charge in [-0.25, -0.2) is 0 Å². The van der Waals surface area contributed by atoms with Gasteiger partial charge in [0.1, 0.15) is 0 Å². The van der Waals surface area contributed by atoms with Crippen LogP contribution in [0.25, 0.3) is 0 Å². The number of likely N-dealkylation sites (N-methyl/N-ethyl adjacent to an activating group) is 1. The molecule has 0 saturated carbocycles. The zero-order chi connectivity index (χ0) is 15.8. The number of carbonyl (C=O) groups excluding carboxylic acids is 1. The van der Waals surface area contributed by atoms with Gasteiger partial charge in [0.2, 0.25) is 5.91 Å². The number of carbonyl (C=O) groups is 1. The quantitative estimate of drug-likeness (QED) is 0.733. The summed E-state index contributed by atoms with van der Waals surface area (Å²) in [6, 6.07) is 10.9. The molecule has 2 rings (SSSR count). The van der Waals surface area contributed by atoms with Gasteiger partial charge in [-0.2, -0.15) is 0 Å². The Morgan fingerprint density at radius 1 is 1.25 bits per heavy atom. The molecule has 1 aromatic rings. The molecule has 1 heterocycles. The monoisotopic (exact) mass is 375 g/mol. The van der Waals surface area contributed by atoms with Crippen LogP contribution in [0, 0.1) is 5.92 Å². The lowest BCUT2D eigenvalue weighted by molar-refractivity contribution is -0.124. The summed E-state index contributed by atoms with van der Waals surface area (Å²) in [5.41, 5.74) is 1.33. The molecule has 2 N–H and O–H groups in total. The van der Waals surface area contributed by atoms with E-state index in [1.807, 2.05) is 6.07 Å². The molecule has 1 fully saturated rings. The molecule has 1 aliphatic heterocycles. The minimum atomic E-state index is 0. The summed E-state index contributed by atoms with van der Waals surface area (Å²) in [5.74, 6) is 0.351. The van der Waals surface area contributed by atoms with Gasteiger partial charge in [-0.3, -0.25) is 9.69 Å². The highest BCUT2D eigenvalue weighted by Gasteiger charge is 2.24. The van der Waals surface area contributed by atoms with Crippen molar-refractivity contribution in [3.05, 3.63) is 35.9 Å². The molecular weight excluding hydrogens is 345 g/mol. The summed E-state index contributed by atoms with van der Waals surface area (Å²) in [6.45, 7) is 8.89. The third-order valence-electron chi connectivity index (χ3n) is 4.59. The van der Waals surface area contributed by atoms with Crippen molar-refractivity contribution in [2.24, 2.45) is 5.92 Å². The Morgan fingerprint density at radius 3 is 2.46 bits per heavy atom. The first-order chi connectivity index (χ1) is 10.7. The van der Waals surface area contributed by atoms with Gasteiger partial charge in [0, 0.05) is 19.1 Å². The van der Waals surface area contributed by atoms with Gasteiger partial charge in [0.25, 0.3) is 0 Å². The summed E-state index contributed by atoms with van der Waals surface area (Å²) in [4.78, 5) is 14.7. The van der Waals surface area contributed by atoms with Gasteiger partial charge in [0.05, 0.1) is 5.92 Å². The van der Waals surface area contributed by atoms with E-state index in [2.05, 4.69) is 53.6 Å². The van der Waals surface area contributed by atoms with Crippen LogP contribution in [0.4, 0.5) is 0 Å². The Morgan fingerprint density at radius 2 is 1.92 bits per heavy atom. The summed E-state index contributed by atoms with van der Waals surface area (Å²) >= 11 is 0. The predicted molar refractivity (Wildman–Crippen MR) is 105 cm³/mol. The topological polar surface area (TPSA) is 44.4 Å². The van der Waals surface area contributed by atoms with Crippen molar-refractivity contribution >= 4 is 30.7 Å². The van der Waals surface area contributed by atoms with Gasteiger partial charge >= 0.3 is 0 Å². The average molecular weight is 376 g/mol. The summed E-state index contributed by atoms with van der Waals surface area (Å²) in [6.07, 6.45) is 1.94. The van der Waals surface area contributed by atoms with Crippen molar-refractivity contribution in [3.8, 4) is 0 Å². The summed E-state index contributed by atoms with van der Waals surface area (Å²) < 4.78 is 0. The fraction of sp³-hybridized carbons (Fsp3) is 0.611. The number of nitrogens with one attached hydrogen (secondary N) is 2. The summed E-state index contributed by atoms with van der Waals surface area (Å²) in [5, 5.41) is 6.43. The second-order valence-corrected chi connectivity index (χ2v) is 6.00. The van der Waals surface area contributed by atoms with E-state index < -0.39 is 0 Å². The first-order valence-electron chi connectivity index (χ1n) is 8.51. The van der Waals surface area contributed by atoms with E-state index in [-0.39, 0.29) is 36.6 Å². The molecule has 1 aromatic carbocycles. The molecular formula is C18H31Cl2N3O. The molecule has 0 radical (unpaired) electrons. The van der Waals surface area contributed by atoms with Crippen molar-refractivity contribution in [2.45, 2.75) is 32.7 Å². The highest BCUT2D eigenvalue weighted by molar-refractivity contribution is 5.85. The van der Waals surface area contributed by atoms with E-state index in [0.29, 0.717) is 6.04 Å². The zero-order valence-electron chi connectivity index (χ0n) is 14.7. The molecule has 1 aliphatic rings. The van der Waals surface area contributed by atoms with Crippen LogP contribution < -0.4 is 10.6 Å². The van der Waals surface area contributed by atoms with Crippen molar-refractivity contribution in [2.75, 3.05) is 32.7 Å². The molecule has 0 bridgehead atoms. The largest absolute Gasteiger partial charge is 0.354 e. The second kappa shape index (κ2) is 12.5. The third kappa shape index (κ3) is 6.98. The van der Waals surface area contributed by atoms with E-state index in [1.165, 1.54) is 5.56 Å². The normalized spacial score (nSPS) is 17.7. The van der Waals surface area contributed by atoms with E-state index in [1.54, 1.807) is 0 Å². The van der Waals surface area contributed by atoms with Crippen LogP contribution in [0.1, 0.15) is 25.8 Å². The molecule has 1 saturated heterocycles. The van der Waals surface area contributed by atoms with Crippen LogP contribution in [0.2, 0.25) is 0 Å². The lowest BCUT2D eigenvalue weighted by Crippen LogP contribution is -2.46. The average Bonchev–Trinajstić information content (AvgIpc) is 3.08. The van der Waals surface area contributed by atoms with Crippen LogP contribution in [-0.2, 0) is 11.2 Å². The highest BCUT2D eigenvalue weighted by Crippen LogP contribution is 2.10. The van der Waals surface area contributed by atoms with Crippen molar-refractivity contribution in [1.29, 1.82) is 0 Å². The van der Waals surface area contributed by atoms with Crippen LogP contribution in [0.5, 0.6) is 0 Å². The molecule has 2 unspecified atom stereocenters. The molecule has 0 aliphatic carbocycles. The number of amides is 1. The SMILES string of the molecule is CCN(CC)C(CNC(=O)C1CCNC1)Cc1ccccc1.Cl.Cl. The van der Waals surface area contributed by atoms with E-state index in [9.17, 15) is 4.79 Å². The number of rotatable bonds is 8. The zero-order valence-corrected chi connectivity index (χ0v) is 16.3. The van der Waals surface area contributed by atoms with Gasteiger partial charge < -0.3 is 10.6 Å². The maximum absolute atomic E-state index is 12.2. The number of nitrogens with zero attached hydrogens (tertiary/aromatic N) is 1. The Kier molecular flexibility index (Phi) is 12.1. The molecule has 1 amide bonds. The van der Waals surface area contributed by atoms with E-state index in [0.717, 1.165) is 45.6 Å². The van der Waals surface area contributed by atoms with Crippen molar-refractivity contribution in [3.63, 3.8) is 0 Å². The lowest BCUT2D eigenvalue weighted by Gasteiger charge is -2.30. The fourth-order valence-electron chi connectivity index (χ4n) is 3.20. The van der Waals surface area contributed by atoms with Gasteiger partial charge in [-0.05, 0) is 38.0 Å². The Balaban J connectivity index is 0.00000264. The first kappa shape index (κ1) is 23.2. The molecule has 2 atom stereocenters. The molecule has 4 nitrogen and oxygen atoms in total. The van der Waals surface area contributed by atoms with Crippen LogP contribution in [-0.4, -0.2) is 49.6 Å². The maximum Gasteiger partial charge on any atom is 0.224 e. The van der Waals surface area contributed by atoms with Crippen LogP contribution in [0.3, 0.4) is 0 Å². The highest BCUT2D eigenvalue weighted by atomic mass is 35.5. The number of benzene rings is 1. The number of halogens is 2. The maximum atomic E-state index is 12.2. The predicted octanol–water partition coefficient (Wildman–Crippen LogP) is 2.51. The van der Waals surface area contributed by atoms with Gasteiger partial charge in [0.15, 0.2) is 0 Å². The number of hydrogen-bond acceptors (Lipinski definition) is 3. The molecule has 24 heavy (non-hydrogen) atoms. The van der Waals surface area contributed by atoms with Gasteiger partial charge in [-0.15, -0.1) is 24.8 Å². The smallest absolute Gasteiger partial charge is 0.224 e. The minimum Gasteiger partial charge on any atom is -0.354 e. The Bertz CT molecular complexity index is 449. The van der Waals surface area contributed by atoms with Crippen LogP contribution >= 0.6 is 24.8 Å². The lowest BCUT2D eigenvalue weighted by atomic mass is 10.0. The fourth-order valence-corrected chi connectivity index (χ4v) is 3.20. The first-order valence-corrected chi connectivity index (χ1v) is 8.51. The van der Waals surface area contributed by atoms with E-state index in [4.69, 9.17) is 0 Å². The molecule has 0 aromatic heterocycles. The summed E-state index contributed by atoms with van der Waals surface area (Å²) in [7, 11) is 0. The molecule has 138 valence electrons. The Labute approximate surface area is 158 Å². The van der Waals surface area contributed by atoms with Crippen LogP contribution in [0.15, 0.2) is 30.3 Å². The minimum absolute atomic E-state index is 0. The molecule has 6 heteroatoms. The number of hydrogen-bond donors (Lipinski definition) is 2. The second-order valence-electron chi connectivity index (χ2n) is 6.00. The van der Waals surface area contributed by atoms with Gasteiger partial charge in [-0.1, -0.05) is 44.2 Å². The standard InChI is InChI=1S/C18H29N3O.2ClH/c1-3-21(4-2)17(12-15-8-6-5-7-9-15)14-20-18(22)16-10-11-19-13-16;;/h5-9,16-17,19H,3-4,10-14H2,1-2H3,(H,20,22);2*1H. The Hall–Kier alpha value is -0.810.